The number of esters is 3. The van der Waals surface area contributed by atoms with Crippen LogP contribution in [0.15, 0.2) is 69.9 Å². The van der Waals surface area contributed by atoms with Gasteiger partial charge < -0.3 is 23.8 Å². The second kappa shape index (κ2) is 21.3. The van der Waals surface area contributed by atoms with E-state index in [1.807, 2.05) is 78.0 Å². The number of rotatable bonds is 3. The molecule has 3 heterocycles. The highest BCUT2D eigenvalue weighted by molar-refractivity contribution is 9.10. The molecule has 0 N–H and O–H groups in total. The molecule has 4 aromatic rings. The zero-order chi connectivity index (χ0) is 47.3. The van der Waals surface area contributed by atoms with E-state index in [9.17, 15) is 19.2 Å². The summed E-state index contributed by atoms with van der Waals surface area (Å²) in [6, 6.07) is 14.4. The SMILES string of the molecule is CC(=O)OC(C)(C)C.COC(=O)C1=Cc2cc(Br)cnc2C(Cl)c2ccc(Cl)cc21.COC(=O)C1=Cc2cc(Br)cnc2C(N2CCN(C(=O)OC(C)(C)C)CC2)c2ccc(Cl)cc21. The number of carbonyl (C=O) groups is 4. The highest BCUT2D eigenvalue weighted by atomic mass is 79.9. The molecule has 1 amide bonds. The van der Waals surface area contributed by atoms with E-state index in [1.165, 1.54) is 21.1 Å². The maximum absolute atomic E-state index is 12.8. The predicted octanol–water partition coefficient (Wildman–Crippen LogP) is 11.4. The van der Waals surface area contributed by atoms with E-state index in [2.05, 4.69) is 41.7 Å². The number of alkyl halides is 1. The quantitative estimate of drug-likeness (QED) is 0.110. The topological polar surface area (TPSA) is 137 Å². The molecule has 1 fully saturated rings. The number of aromatic nitrogens is 2. The second-order valence-electron chi connectivity index (χ2n) is 16.8. The third-order valence-corrected chi connectivity index (χ3v) is 11.5. The van der Waals surface area contributed by atoms with Gasteiger partial charge in [0.15, 0.2) is 0 Å². The number of halogens is 5. The van der Waals surface area contributed by atoms with E-state index in [0.29, 0.717) is 64.2 Å². The Kier molecular flexibility index (Phi) is 16.9. The van der Waals surface area contributed by atoms with Crippen molar-refractivity contribution >= 4 is 114 Å². The number of methoxy groups -OCH3 is 2. The van der Waals surface area contributed by atoms with Crippen molar-refractivity contribution in [3.8, 4) is 0 Å². The molecule has 12 nitrogen and oxygen atoms in total. The summed E-state index contributed by atoms with van der Waals surface area (Å²) < 4.78 is 22.0. The molecule has 17 heteroatoms. The summed E-state index contributed by atoms with van der Waals surface area (Å²) in [6.07, 6.45) is 6.68. The molecular weight excluding hydrogens is 1010 g/mol. The Morgan fingerprint density at radius 2 is 1.12 bits per heavy atom. The molecule has 64 heavy (non-hydrogen) atoms. The van der Waals surface area contributed by atoms with Gasteiger partial charge in [-0.05, 0) is 155 Å². The lowest BCUT2D eigenvalue weighted by Gasteiger charge is -2.40. The number of nitrogens with zero attached hydrogens (tertiary/aromatic N) is 4. The van der Waals surface area contributed by atoms with Gasteiger partial charge in [-0.15, -0.1) is 11.6 Å². The Balaban J connectivity index is 0.000000219. The summed E-state index contributed by atoms with van der Waals surface area (Å²) >= 11 is 25.9. The van der Waals surface area contributed by atoms with E-state index < -0.39 is 22.9 Å². The molecule has 2 aromatic heterocycles. The van der Waals surface area contributed by atoms with Gasteiger partial charge in [0.1, 0.15) is 16.6 Å². The minimum Gasteiger partial charge on any atom is -0.465 e. The van der Waals surface area contributed by atoms with Gasteiger partial charge >= 0.3 is 24.0 Å². The van der Waals surface area contributed by atoms with E-state index in [-0.39, 0.29) is 23.7 Å². The molecule has 7 rings (SSSR count). The van der Waals surface area contributed by atoms with Gasteiger partial charge in [0.25, 0.3) is 0 Å². The Morgan fingerprint density at radius 1 is 0.672 bits per heavy atom. The number of pyridine rings is 2. The Morgan fingerprint density at radius 3 is 1.58 bits per heavy atom. The molecule has 0 spiro atoms. The number of ether oxygens (including phenoxy) is 4. The number of piperazine rings is 1. The van der Waals surface area contributed by atoms with Crippen molar-refractivity contribution in [1.29, 1.82) is 0 Å². The molecule has 2 aliphatic carbocycles. The predicted molar refractivity (Wildman–Crippen MR) is 257 cm³/mol. The Bertz CT molecular complexity index is 2490. The molecule has 0 bridgehead atoms. The maximum atomic E-state index is 12.8. The summed E-state index contributed by atoms with van der Waals surface area (Å²) in [7, 11) is 2.71. The van der Waals surface area contributed by atoms with Crippen molar-refractivity contribution in [2.24, 2.45) is 0 Å². The smallest absolute Gasteiger partial charge is 0.410 e. The summed E-state index contributed by atoms with van der Waals surface area (Å²) in [5, 5.41) is 0.577. The van der Waals surface area contributed by atoms with Crippen LogP contribution < -0.4 is 0 Å². The highest BCUT2D eigenvalue weighted by Gasteiger charge is 2.36. The molecule has 1 aliphatic heterocycles. The Hall–Kier alpha value is -4.31. The highest BCUT2D eigenvalue weighted by Crippen LogP contribution is 2.43. The van der Waals surface area contributed by atoms with Crippen LogP contribution in [0.4, 0.5) is 4.79 Å². The normalized spacial score (nSPS) is 16.7. The average Bonchev–Trinajstić information content (AvgIpc) is 3.42. The number of hydrogen-bond donors (Lipinski definition) is 0. The lowest BCUT2D eigenvalue weighted by atomic mass is 9.93. The largest absolute Gasteiger partial charge is 0.465 e. The number of carbonyl (C=O) groups excluding carboxylic acids is 4. The van der Waals surface area contributed by atoms with E-state index in [1.54, 1.807) is 41.6 Å². The molecule has 2 unspecified atom stereocenters. The van der Waals surface area contributed by atoms with Crippen LogP contribution >= 0.6 is 66.7 Å². The van der Waals surface area contributed by atoms with Crippen molar-refractivity contribution in [1.82, 2.24) is 19.8 Å². The van der Waals surface area contributed by atoms with Crippen molar-refractivity contribution in [3.05, 3.63) is 125 Å². The molecule has 2 atom stereocenters. The number of amides is 1. The van der Waals surface area contributed by atoms with Crippen LogP contribution in [0.1, 0.15) is 105 Å². The van der Waals surface area contributed by atoms with Gasteiger partial charge in [-0.1, -0.05) is 35.3 Å². The molecule has 1 saturated heterocycles. The molecule has 0 saturated carbocycles. The van der Waals surface area contributed by atoms with E-state index in [4.69, 9.17) is 58.7 Å². The van der Waals surface area contributed by atoms with Crippen molar-refractivity contribution in [2.75, 3.05) is 40.4 Å². The minimum absolute atomic E-state index is 0.225. The first kappa shape index (κ1) is 50.7. The van der Waals surface area contributed by atoms with Crippen LogP contribution in [0, 0.1) is 0 Å². The van der Waals surface area contributed by atoms with Crippen LogP contribution in [-0.2, 0) is 33.3 Å². The number of fused-ring (bicyclic) bond motifs is 4. The minimum atomic E-state index is -0.542. The zero-order valence-corrected chi connectivity index (χ0v) is 42.3. The lowest BCUT2D eigenvalue weighted by molar-refractivity contribution is -0.152. The second-order valence-corrected chi connectivity index (χ2v) is 19.9. The van der Waals surface area contributed by atoms with Crippen LogP contribution in [0.3, 0.4) is 0 Å². The fraction of sp³-hybridized carbons (Fsp3) is 0.362. The van der Waals surface area contributed by atoms with Gasteiger partial charge in [-0.25, -0.2) is 14.4 Å². The maximum Gasteiger partial charge on any atom is 0.410 e. The van der Waals surface area contributed by atoms with Crippen molar-refractivity contribution in [2.45, 2.75) is 71.1 Å². The van der Waals surface area contributed by atoms with Crippen LogP contribution in [0.25, 0.3) is 23.3 Å². The number of hydrogen-bond acceptors (Lipinski definition) is 11. The molecular formula is C47H49Br2Cl3N4O8. The van der Waals surface area contributed by atoms with Crippen LogP contribution in [0.2, 0.25) is 10.0 Å². The van der Waals surface area contributed by atoms with Gasteiger partial charge in [-0.2, -0.15) is 0 Å². The molecule has 2 aromatic carbocycles. The first-order chi connectivity index (χ1) is 30.0. The molecule has 3 aliphatic rings. The zero-order valence-electron chi connectivity index (χ0n) is 36.9. The average molecular weight is 1060 g/mol. The lowest BCUT2D eigenvalue weighted by Crippen LogP contribution is -2.51. The number of benzene rings is 2. The molecule has 340 valence electrons. The first-order valence-corrected chi connectivity index (χ1v) is 22.8. The van der Waals surface area contributed by atoms with Gasteiger partial charge in [0, 0.05) is 64.5 Å². The summed E-state index contributed by atoms with van der Waals surface area (Å²) in [5.41, 5.74) is 6.14. The fourth-order valence-electron chi connectivity index (χ4n) is 7.19. The monoisotopic (exact) mass is 1060 g/mol. The standard InChI is InChI=1S/C25H27BrClN3O4.C16H10BrCl2NO2.C6H12O2/c1-25(2,3)34-24(32)30-9-7-29(8-10-30)22-18-6-5-17(27)13-19(18)20(23(31)33-4)12-15-11-16(26)14-28-21(15)22;1-22-16(21)13-5-8-4-9(17)7-20-15(8)14(19)11-3-2-10(18)6-12(11)13;1-5(7)8-6(2,3)4/h5-6,11-14,22H,7-10H2,1-4H3;2-7,14H,1H3;1-4H3. The van der Waals surface area contributed by atoms with Crippen LogP contribution in [-0.4, -0.2) is 95.4 Å². The van der Waals surface area contributed by atoms with E-state index in [0.717, 1.165) is 36.9 Å². The van der Waals surface area contributed by atoms with Gasteiger partial charge in [-0.3, -0.25) is 19.7 Å². The van der Waals surface area contributed by atoms with Crippen LogP contribution in [0.5, 0.6) is 0 Å². The summed E-state index contributed by atoms with van der Waals surface area (Å²) in [5.74, 6) is -1.11. The van der Waals surface area contributed by atoms with Crippen molar-refractivity contribution < 1.29 is 38.1 Å². The summed E-state index contributed by atoms with van der Waals surface area (Å²) in [4.78, 5) is 60.9. The van der Waals surface area contributed by atoms with Gasteiger partial charge in [0.05, 0.1) is 42.8 Å². The third kappa shape index (κ3) is 12.9. The van der Waals surface area contributed by atoms with Crippen molar-refractivity contribution in [3.63, 3.8) is 0 Å². The molecule has 0 radical (unpaired) electrons. The fourth-order valence-corrected chi connectivity index (χ4v) is 8.61. The summed E-state index contributed by atoms with van der Waals surface area (Å²) in [6.45, 7) is 14.8. The third-order valence-electron chi connectivity index (χ3n) is 9.70. The van der Waals surface area contributed by atoms with E-state index >= 15 is 0 Å². The Labute approximate surface area is 405 Å². The first-order valence-electron chi connectivity index (χ1n) is 20.1. The van der Waals surface area contributed by atoms with Gasteiger partial charge in [0.2, 0.25) is 0 Å².